The van der Waals surface area contributed by atoms with Gasteiger partial charge in [-0.15, -0.1) is 0 Å². The maximum atomic E-state index is 13.3. The van der Waals surface area contributed by atoms with Gasteiger partial charge in [0.05, 0.1) is 37.4 Å². The molecule has 0 N–H and O–H groups in total. The Labute approximate surface area is 297 Å². The maximum Gasteiger partial charge on any atom is 0.409 e. The molecule has 276 valence electrons. The molecule has 7 atom stereocenters. The molecule has 5 heterocycles. The van der Waals surface area contributed by atoms with Crippen molar-refractivity contribution in [3.8, 4) is 0 Å². The number of amides is 1. The number of carbonyl (C=O) groups excluding carboxylic acids is 2. The standard InChI is InChI=1S/C41H66N2O6/c1-4-33-27-37-29-36-15-13-14-35(47-36)26-31(2)17-18-32(3)39(49-40(44)30-38(28-33)48-37)16-9-5-8-12-25-46-41(45)43-23-19-34(20-24-43)42-21-10-6-7-11-22-42/h4,9,16-18,31-32,34-39H,5-8,10-15,19-30H2,1-3H3. The first-order valence-corrected chi connectivity index (χ1v) is 20.0. The van der Waals surface area contributed by atoms with Gasteiger partial charge in [0, 0.05) is 31.5 Å². The third kappa shape index (κ3) is 12.5. The van der Waals surface area contributed by atoms with Crippen LogP contribution in [0.5, 0.6) is 0 Å². The minimum Gasteiger partial charge on any atom is -0.457 e. The summed E-state index contributed by atoms with van der Waals surface area (Å²) in [4.78, 5) is 30.6. The second-order valence-electron chi connectivity index (χ2n) is 15.6. The Kier molecular flexibility index (Phi) is 15.6. The van der Waals surface area contributed by atoms with E-state index in [4.69, 9.17) is 18.9 Å². The first-order chi connectivity index (χ1) is 23.9. The lowest BCUT2D eigenvalue weighted by Crippen LogP contribution is -2.47. The number of hydrogen-bond donors (Lipinski definition) is 0. The number of nitrogens with zero attached hydrogens (tertiary/aromatic N) is 2. The number of piperidine rings is 1. The van der Waals surface area contributed by atoms with Crippen LogP contribution in [0.3, 0.4) is 0 Å². The van der Waals surface area contributed by atoms with Crippen molar-refractivity contribution in [2.45, 2.75) is 166 Å². The van der Waals surface area contributed by atoms with Crippen LogP contribution in [-0.4, -0.2) is 91.2 Å². The highest BCUT2D eigenvalue weighted by atomic mass is 16.6. The Morgan fingerprint density at radius 1 is 0.837 bits per heavy atom. The first-order valence-electron chi connectivity index (χ1n) is 20.0. The van der Waals surface area contributed by atoms with Crippen LogP contribution >= 0.6 is 0 Å². The zero-order chi connectivity index (χ0) is 34.4. The van der Waals surface area contributed by atoms with Crippen LogP contribution in [0.2, 0.25) is 0 Å². The van der Waals surface area contributed by atoms with Gasteiger partial charge in [0.2, 0.25) is 0 Å². The van der Waals surface area contributed by atoms with Gasteiger partial charge in [0.1, 0.15) is 6.10 Å². The molecule has 0 saturated carbocycles. The van der Waals surface area contributed by atoms with E-state index >= 15 is 0 Å². The van der Waals surface area contributed by atoms with Crippen molar-refractivity contribution in [2.75, 3.05) is 32.8 Å². The number of allylic oxidation sites excluding steroid dienone is 3. The summed E-state index contributed by atoms with van der Waals surface area (Å²) in [6, 6.07) is 0.618. The van der Waals surface area contributed by atoms with Crippen molar-refractivity contribution in [2.24, 2.45) is 11.8 Å². The summed E-state index contributed by atoms with van der Waals surface area (Å²) >= 11 is 0. The highest BCUT2D eigenvalue weighted by Gasteiger charge is 2.33. The lowest BCUT2D eigenvalue weighted by molar-refractivity contribution is -0.154. The predicted octanol–water partition coefficient (Wildman–Crippen LogP) is 8.55. The van der Waals surface area contributed by atoms with Crippen LogP contribution in [0.1, 0.15) is 130 Å². The van der Waals surface area contributed by atoms with Crippen molar-refractivity contribution in [3.63, 3.8) is 0 Å². The number of fused-ring (bicyclic) bond motifs is 4. The normalized spacial score (nSPS) is 34.1. The monoisotopic (exact) mass is 682 g/mol. The molecule has 0 aromatic heterocycles. The summed E-state index contributed by atoms with van der Waals surface area (Å²) < 4.78 is 24.9. The summed E-state index contributed by atoms with van der Waals surface area (Å²) in [6.45, 7) is 10.9. The lowest BCUT2D eigenvalue weighted by atomic mass is 9.90. The number of likely N-dealkylation sites (tertiary alicyclic amines) is 2. The SMILES string of the molecule is CC=C1CC2CC(=O)OC(C=CCCCCOC(=O)N3CCC(N4CCCCCC4)CC3)C(C)C=CC(C)CC3CCCC(CC(C1)O2)O3. The number of unbranched alkanes of at least 4 members (excludes halogenated alkanes) is 2. The molecule has 49 heavy (non-hydrogen) atoms. The quantitative estimate of drug-likeness (QED) is 0.151. The molecule has 0 aromatic carbocycles. The topological polar surface area (TPSA) is 77.5 Å². The molecule has 5 rings (SSSR count). The van der Waals surface area contributed by atoms with Crippen LogP contribution in [-0.2, 0) is 23.7 Å². The van der Waals surface area contributed by atoms with E-state index in [1.54, 1.807) is 0 Å². The van der Waals surface area contributed by atoms with Crippen molar-refractivity contribution >= 4 is 12.1 Å². The Balaban J connectivity index is 1.08. The van der Waals surface area contributed by atoms with Gasteiger partial charge in [0.25, 0.3) is 0 Å². The summed E-state index contributed by atoms with van der Waals surface area (Å²) in [5.74, 6) is 0.233. The molecular weight excluding hydrogens is 616 g/mol. The second-order valence-corrected chi connectivity index (χ2v) is 15.6. The molecular formula is C41H66N2O6. The van der Waals surface area contributed by atoms with Gasteiger partial charge in [-0.3, -0.25) is 4.79 Å². The van der Waals surface area contributed by atoms with E-state index in [2.05, 4.69) is 56.1 Å². The van der Waals surface area contributed by atoms with Gasteiger partial charge in [-0.25, -0.2) is 4.79 Å². The zero-order valence-electron chi connectivity index (χ0n) is 30.9. The first kappa shape index (κ1) is 38.1. The van der Waals surface area contributed by atoms with Crippen LogP contribution in [0, 0.1) is 11.8 Å². The molecule has 7 unspecified atom stereocenters. The highest BCUT2D eigenvalue weighted by molar-refractivity contribution is 5.70. The second kappa shape index (κ2) is 20.0. The molecule has 4 fully saturated rings. The number of hydrogen-bond acceptors (Lipinski definition) is 7. The smallest absolute Gasteiger partial charge is 0.409 e. The predicted molar refractivity (Wildman–Crippen MR) is 194 cm³/mol. The number of esters is 1. The summed E-state index contributed by atoms with van der Waals surface area (Å²) in [6.07, 6.45) is 28.1. The Morgan fingerprint density at radius 2 is 1.55 bits per heavy atom. The van der Waals surface area contributed by atoms with Crippen molar-refractivity contribution in [1.82, 2.24) is 9.80 Å². The molecule has 4 saturated heterocycles. The molecule has 5 aliphatic rings. The van der Waals surface area contributed by atoms with Gasteiger partial charge in [0.15, 0.2) is 0 Å². The largest absolute Gasteiger partial charge is 0.457 e. The molecule has 4 bridgehead atoms. The Bertz CT molecular complexity index is 1110. The van der Waals surface area contributed by atoms with Crippen molar-refractivity contribution in [1.29, 1.82) is 0 Å². The molecule has 5 aliphatic heterocycles. The minimum atomic E-state index is -0.338. The van der Waals surface area contributed by atoms with E-state index in [1.807, 2.05) is 4.90 Å². The van der Waals surface area contributed by atoms with E-state index < -0.39 is 0 Å². The highest BCUT2D eigenvalue weighted by Crippen LogP contribution is 2.33. The number of ether oxygens (including phenoxy) is 4. The molecule has 0 radical (unpaired) electrons. The molecule has 8 heteroatoms. The van der Waals surface area contributed by atoms with Crippen LogP contribution in [0.25, 0.3) is 0 Å². The van der Waals surface area contributed by atoms with Gasteiger partial charge < -0.3 is 28.7 Å². The van der Waals surface area contributed by atoms with Crippen LogP contribution < -0.4 is 0 Å². The van der Waals surface area contributed by atoms with Crippen molar-refractivity contribution < 1.29 is 28.5 Å². The minimum absolute atomic E-state index is 0.0474. The lowest BCUT2D eigenvalue weighted by Gasteiger charge is -2.37. The molecule has 0 aliphatic carbocycles. The number of carbonyl (C=O) groups is 2. The van der Waals surface area contributed by atoms with Gasteiger partial charge in [-0.2, -0.15) is 0 Å². The van der Waals surface area contributed by atoms with Crippen LogP contribution in [0.15, 0.2) is 36.0 Å². The van der Waals surface area contributed by atoms with E-state index in [-0.39, 0.29) is 54.9 Å². The van der Waals surface area contributed by atoms with E-state index in [0.29, 0.717) is 18.6 Å². The fourth-order valence-electron chi connectivity index (χ4n) is 8.55. The maximum absolute atomic E-state index is 13.3. The van der Waals surface area contributed by atoms with E-state index in [0.717, 1.165) is 83.7 Å². The summed E-state index contributed by atoms with van der Waals surface area (Å²) in [7, 11) is 0. The fourth-order valence-corrected chi connectivity index (χ4v) is 8.55. The Hall–Kier alpha value is -2.16. The number of rotatable bonds is 7. The van der Waals surface area contributed by atoms with E-state index in [9.17, 15) is 9.59 Å². The third-order valence-electron chi connectivity index (χ3n) is 11.5. The zero-order valence-corrected chi connectivity index (χ0v) is 30.9. The van der Waals surface area contributed by atoms with Crippen LogP contribution in [0.4, 0.5) is 4.79 Å². The van der Waals surface area contributed by atoms with Gasteiger partial charge in [-0.1, -0.05) is 56.6 Å². The molecule has 0 spiro atoms. The van der Waals surface area contributed by atoms with Crippen molar-refractivity contribution in [3.05, 3.63) is 36.0 Å². The molecule has 8 nitrogen and oxygen atoms in total. The summed E-state index contributed by atoms with van der Waals surface area (Å²) in [5.41, 5.74) is 1.36. The average molecular weight is 683 g/mol. The fraction of sp³-hybridized carbons (Fsp3) is 0.805. The number of cyclic esters (lactones) is 1. The molecule has 1 amide bonds. The average Bonchev–Trinajstić information content (AvgIpc) is 3.39. The Morgan fingerprint density at radius 3 is 2.31 bits per heavy atom. The molecule has 0 aromatic rings. The van der Waals surface area contributed by atoms with E-state index in [1.165, 1.54) is 50.8 Å². The van der Waals surface area contributed by atoms with Gasteiger partial charge in [-0.05, 0) is 115 Å². The third-order valence-corrected chi connectivity index (χ3v) is 11.5. The summed E-state index contributed by atoms with van der Waals surface area (Å²) in [5, 5.41) is 0. The van der Waals surface area contributed by atoms with Gasteiger partial charge >= 0.3 is 12.1 Å².